The van der Waals surface area contributed by atoms with Gasteiger partial charge in [-0.25, -0.2) is 0 Å². The number of hydrogen-bond acceptors (Lipinski definition) is 5. The number of hydrogen-bond donors (Lipinski definition) is 2. The lowest BCUT2D eigenvalue weighted by atomic mass is 10.3. The molecule has 3 aromatic rings. The van der Waals surface area contributed by atoms with E-state index in [1.165, 1.54) is 15.6 Å². The number of rotatable bonds is 6. The van der Waals surface area contributed by atoms with Crippen LogP contribution in [0.15, 0.2) is 29.3 Å². The first-order valence-electron chi connectivity index (χ1n) is 8.10. The molecule has 10 nitrogen and oxygen atoms in total. The zero-order valence-electron chi connectivity index (χ0n) is 15.1. The maximum atomic E-state index is 12.5. The largest absolute Gasteiger partial charge is 0.346 e. The third-order valence-electron chi connectivity index (χ3n) is 3.83. The summed E-state index contributed by atoms with van der Waals surface area (Å²) in [6, 6.07) is 0. The molecule has 0 saturated heterocycles. The van der Waals surface area contributed by atoms with Crippen LogP contribution in [0.3, 0.4) is 0 Å². The van der Waals surface area contributed by atoms with Gasteiger partial charge in [0, 0.05) is 38.6 Å². The molecular formula is C16H19BrN8O2. The number of nitrogens with one attached hydrogen (secondary N) is 2. The highest BCUT2D eigenvalue weighted by molar-refractivity contribution is 9.10. The Hall–Kier alpha value is -2.95. The smallest absolute Gasteiger partial charge is 0.271 e. The van der Waals surface area contributed by atoms with Crippen LogP contribution in [0.1, 0.15) is 21.7 Å². The Bertz CT molecular complexity index is 967. The number of carbonyl (C=O) groups excluding carboxylic acids is 2. The lowest BCUT2D eigenvalue weighted by Gasteiger charge is -2.08. The molecule has 0 fully saturated rings. The first kappa shape index (κ1) is 18.8. The predicted molar refractivity (Wildman–Crippen MR) is 101 cm³/mol. The molecule has 0 aliphatic rings. The molecule has 3 aromatic heterocycles. The van der Waals surface area contributed by atoms with E-state index in [2.05, 4.69) is 41.9 Å². The summed E-state index contributed by atoms with van der Waals surface area (Å²) in [6.45, 7) is 2.19. The van der Waals surface area contributed by atoms with E-state index in [9.17, 15) is 9.59 Å². The van der Waals surface area contributed by atoms with Gasteiger partial charge in [-0.2, -0.15) is 15.3 Å². The van der Waals surface area contributed by atoms with Crippen LogP contribution in [-0.4, -0.2) is 41.2 Å². The molecule has 0 atom stereocenters. The second kappa shape index (κ2) is 7.74. The fourth-order valence-electron chi connectivity index (χ4n) is 2.54. The van der Waals surface area contributed by atoms with E-state index >= 15 is 0 Å². The first-order valence-corrected chi connectivity index (χ1v) is 8.90. The topological polar surface area (TPSA) is 112 Å². The van der Waals surface area contributed by atoms with Crippen LogP contribution in [0.5, 0.6) is 0 Å². The number of halogens is 1. The Labute approximate surface area is 163 Å². The second-order valence-corrected chi connectivity index (χ2v) is 6.90. The molecule has 3 heterocycles. The highest BCUT2D eigenvalue weighted by Crippen LogP contribution is 2.16. The molecular weight excluding hydrogens is 416 g/mol. The minimum atomic E-state index is -0.341. The van der Waals surface area contributed by atoms with E-state index < -0.39 is 0 Å². The van der Waals surface area contributed by atoms with Gasteiger partial charge < -0.3 is 10.6 Å². The Kier molecular flexibility index (Phi) is 5.40. The third-order valence-corrected chi connectivity index (χ3v) is 4.61. The van der Waals surface area contributed by atoms with Gasteiger partial charge in [-0.15, -0.1) is 0 Å². The summed E-state index contributed by atoms with van der Waals surface area (Å²) in [6.07, 6.45) is 6.66. The minimum absolute atomic E-state index is 0.0259. The van der Waals surface area contributed by atoms with Crippen LogP contribution in [0, 0.1) is 6.92 Å². The highest BCUT2D eigenvalue weighted by atomic mass is 79.9. The van der Waals surface area contributed by atoms with Gasteiger partial charge in [0.2, 0.25) is 5.91 Å². The lowest BCUT2D eigenvalue weighted by Crippen LogP contribution is -2.27. The van der Waals surface area contributed by atoms with Crippen molar-refractivity contribution >= 4 is 33.4 Å². The maximum absolute atomic E-state index is 12.5. The summed E-state index contributed by atoms with van der Waals surface area (Å²) in [5.74, 6) is -0.647. The van der Waals surface area contributed by atoms with Crippen molar-refractivity contribution < 1.29 is 9.59 Å². The van der Waals surface area contributed by atoms with Crippen molar-refractivity contribution in [3.63, 3.8) is 0 Å². The van der Waals surface area contributed by atoms with Gasteiger partial charge in [0.1, 0.15) is 12.2 Å². The molecule has 0 aromatic carbocycles. The summed E-state index contributed by atoms with van der Waals surface area (Å²) in [7, 11) is 3.45. The lowest BCUT2D eigenvalue weighted by molar-refractivity contribution is -0.116. The van der Waals surface area contributed by atoms with Gasteiger partial charge in [0.05, 0.1) is 28.2 Å². The Morgan fingerprint density at radius 3 is 2.59 bits per heavy atom. The summed E-state index contributed by atoms with van der Waals surface area (Å²) in [5, 5.41) is 17.9. The van der Waals surface area contributed by atoms with Gasteiger partial charge in [0.25, 0.3) is 5.91 Å². The van der Waals surface area contributed by atoms with Crippen molar-refractivity contribution in [1.82, 2.24) is 34.7 Å². The van der Waals surface area contributed by atoms with E-state index in [0.717, 1.165) is 15.7 Å². The average molecular weight is 435 g/mol. The Morgan fingerprint density at radius 2 is 1.96 bits per heavy atom. The molecule has 0 spiro atoms. The van der Waals surface area contributed by atoms with E-state index in [0.29, 0.717) is 12.2 Å². The van der Waals surface area contributed by atoms with Crippen molar-refractivity contribution in [1.29, 1.82) is 0 Å². The Morgan fingerprint density at radius 1 is 1.19 bits per heavy atom. The molecule has 0 saturated carbocycles. The summed E-state index contributed by atoms with van der Waals surface area (Å²) < 4.78 is 5.43. The van der Waals surface area contributed by atoms with Crippen molar-refractivity contribution in [2.45, 2.75) is 20.0 Å². The SMILES string of the molecule is Cc1nn(CC(=O)Nc2cnn(C)c2C(=O)NCc2cnn(C)c2)cc1Br. The molecule has 0 aliphatic heterocycles. The highest BCUT2D eigenvalue weighted by Gasteiger charge is 2.19. The van der Waals surface area contributed by atoms with Crippen molar-refractivity contribution in [2.24, 2.45) is 14.1 Å². The van der Waals surface area contributed by atoms with Crippen molar-refractivity contribution in [3.05, 3.63) is 46.2 Å². The van der Waals surface area contributed by atoms with E-state index in [-0.39, 0.29) is 24.1 Å². The number of aromatic nitrogens is 6. The van der Waals surface area contributed by atoms with Crippen LogP contribution in [-0.2, 0) is 32.0 Å². The number of aryl methyl sites for hydroxylation is 3. The predicted octanol–water partition coefficient (Wildman–Crippen LogP) is 0.990. The fourth-order valence-corrected chi connectivity index (χ4v) is 2.85. The van der Waals surface area contributed by atoms with Crippen LogP contribution in [0.25, 0.3) is 0 Å². The first-order chi connectivity index (χ1) is 12.8. The molecule has 27 heavy (non-hydrogen) atoms. The summed E-state index contributed by atoms with van der Waals surface area (Å²) >= 11 is 3.36. The van der Waals surface area contributed by atoms with Crippen LogP contribution in [0.2, 0.25) is 0 Å². The third kappa shape index (κ3) is 4.42. The van der Waals surface area contributed by atoms with Crippen LogP contribution < -0.4 is 10.6 Å². The summed E-state index contributed by atoms with van der Waals surface area (Å²) in [4.78, 5) is 24.8. The minimum Gasteiger partial charge on any atom is -0.346 e. The number of amides is 2. The average Bonchev–Trinajstić information content (AvgIpc) is 3.26. The molecule has 0 bridgehead atoms. The number of nitrogens with zero attached hydrogens (tertiary/aromatic N) is 6. The zero-order chi connectivity index (χ0) is 19.6. The fraction of sp³-hybridized carbons (Fsp3) is 0.312. The standard InChI is InChI=1S/C16H19BrN8O2/c1-10-12(17)8-25(22-10)9-14(26)21-13-6-20-24(3)15(13)16(27)18-4-11-5-19-23(2)7-11/h5-8H,4,9H2,1-3H3,(H,18,27)(H,21,26). The number of carbonyl (C=O) groups is 2. The van der Waals surface area contributed by atoms with Crippen LogP contribution >= 0.6 is 15.9 Å². The maximum Gasteiger partial charge on any atom is 0.271 e. The summed E-state index contributed by atoms with van der Waals surface area (Å²) in [5.41, 5.74) is 2.28. The van der Waals surface area contributed by atoms with Crippen LogP contribution in [0.4, 0.5) is 5.69 Å². The zero-order valence-corrected chi connectivity index (χ0v) is 16.7. The molecule has 2 amide bonds. The molecule has 11 heteroatoms. The second-order valence-electron chi connectivity index (χ2n) is 6.04. The molecule has 0 unspecified atom stereocenters. The van der Waals surface area contributed by atoms with Gasteiger partial charge in [-0.3, -0.25) is 23.6 Å². The molecule has 2 N–H and O–H groups in total. The molecule has 0 radical (unpaired) electrons. The monoisotopic (exact) mass is 434 g/mol. The van der Waals surface area contributed by atoms with Gasteiger partial charge in [-0.05, 0) is 22.9 Å². The molecule has 142 valence electrons. The molecule has 3 rings (SSSR count). The normalized spacial score (nSPS) is 10.8. The number of anilines is 1. The van der Waals surface area contributed by atoms with Crippen molar-refractivity contribution in [2.75, 3.05) is 5.32 Å². The van der Waals surface area contributed by atoms with Crippen molar-refractivity contribution in [3.8, 4) is 0 Å². The quantitative estimate of drug-likeness (QED) is 0.600. The van der Waals surface area contributed by atoms with Gasteiger partial charge >= 0.3 is 0 Å². The Balaban J connectivity index is 1.66. The van der Waals surface area contributed by atoms with E-state index in [1.54, 1.807) is 31.2 Å². The van der Waals surface area contributed by atoms with E-state index in [4.69, 9.17) is 0 Å². The molecule has 0 aliphatic carbocycles. The van der Waals surface area contributed by atoms with Gasteiger partial charge in [0.15, 0.2) is 0 Å². The van der Waals surface area contributed by atoms with E-state index in [1.807, 2.05) is 13.1 Å². The van der Waals surface area contributed by atoms with Gasteiger partial charge in [-0.1, -0.05) is 0 Å².